The van der Waals surface area contributed by atoms with Crippen LogP contribution in [0.5, 0.6) is 0 Å². The molecule has 2 aliphatic rings. The van der Waals surface area contributed by atoms with Gasteiger partial charge in [0.05, 0.1) is 18.0 Å². The minimum atomic E-state index is -1.41. The van der Waals surface area contributed by atoms with Gasteiger partial charge < -0.3 is 10.0 Å². The van der Waals surface area contributed by atoms with E-state index in [9.17, 15) is 19.1 Å². The summed E-state index contributed by atoms with van der Waals surface area (Å²) in [6.45, 7) is 2.64. The number of hydroxylamine groups is 2. The fraction of sp³-hybridized carbons (Fsp3) is 0.353. The van der Waals surface area contributed by atoms with Crippen LogP contribution in [0.15, 0.2) is 23.4 Å². The van der Waals surface area contributed by atoms with E-state index in [4.69, 9.17) is 4.84 Å². The maximum atomic E-state index is 14.8. The molecule has 0 saturated carbocycles. The summed E-state index contributed by atoms with van der Waals surface area (Å²) in [7, 11) is 0. The Morgan fingerprint density at radius 1 is 1.38 bits per heavy atom. The van der Waals surface area contributed by atoms with Gasteiger partial charge in [0.15, 0.2) is 17.3 Å². The van der Waals surface area contributed by atoms with E-state index in [1.807, 2.05) is 5.06 Å². The third-order valence-corrected chi connectivity index (χ3v) is 5.71. The normalized spacial score (nSPS) is 17.8. The van der Waals surface area contributed by atoms with Crippen LogP contribution in [0.4, 0.5) is 10.2 Å². The molecule has 10 nitrogen and oxygen atoms in total. The van der Waals surface area contributed by atoms with Crippen molar-refractivity contribution in [2.75, 3.05) is 31.1 Å². The van der Waals surface area contributed by atoms with E-state index in [1.54, 1.807) is 4.90 Å². The van der Waals surface area contributed by atoms with Gasteiger partial charge in [-0.25, -0.2) is 19.2 Å². The van der Waals surface area contributed by atoms with Gasteiger partial charge in [-0.2, -0.15) is 9.44 Å². The minimum absolute atomic E-state index is 0.105. The average molecular weight is 418 g/mol. The number of nitrogens with zero attached hydrogens (tertiary/aromatic N) is 6. The summed E-state index contributed by atoms with van der Waals surface area (Å²) in [4.78, 5) is 39.8. The molecular weight excluding hydrogens is 403 g/mol. The van der Waals surface area contributed by atoms with Gasteiger partial charge >= 0.3 is 5.97 Å². The zero-order chi connectivity index (χ0) is 20.1. The summed E-state index contributed by atoms with van der Waals surface area (Å²) in [5.41, 5.74) is -1.15. The number of hydrogen-bond acceptors (Lipinski definition) is 9. The molecule has 5 rings (SSSR count). The second-order valence-corrected chi connectivity index (χ2v) is 7.58. The number of aromatic carboxylic acids is 1. The van der Waals surface area contributed by atoms with Gasteiger partial charge in [0.25, 0.3) is 0 Å². The van der Waals surface area contributed by atoms with Crippen molar-refractivity contribution in [1.29, 1.82) is 0 Å². The number of halogens is 1. The van der Waals surface area contributed by atoms with Crippen LogP contribution in [0.1, 0.15) is 16.8 Å². The van der Waals surface area contributed by atoms with Crippen molar-refractivity contribution in [3.63, 3.8) is 0 Å². The number of carbonyl (C=O) groups is 1. The first-order valence-electron chi connectivity index (χ1n) is 8.93. The molecule has 0 bridgehead atoms. The second kappa shape index (κ2) is 6.83. The number of hydrogen-bond donors (Lipinski definition) is 1. The molecule has 3 aromatic rings. The zero-order valence-corrected chi connectivity index (χ0v) is 15.8. The van der Waals surface area contributed by atoms with E-state index < -0.39 is 22.8 Å². The average Bonchev–Trinajstić information content (AvgIpc) is 3.35. The summed E-state index contributed by atoms with van der Waals surface area (Å²) >= 11 is 1.01. The van der Waals surface area contributed by atoms with E-state index in [1.165, 1.54) is 10.9 Å². The van der Waals surface area contributed by atoms with Gasteiger partial charge in [-0.15, -0.1) is 0 Å². The maximum absolute atomic E-state index is 14.8. The first kappa shape index (κ1) is 18.1. The smallest absolute Gasteiger partial charge is 0.341 e. The molecule has 150 valence electrons. The number of anilines is 1. The molecule has 2 aliphatic heterocycles. The lowest BCUT2D eigenvalue weighted by Crippen LogP contribution is -2.59. The summed E-state index contributed by atoms with van der Waals surface area (Å²) < 4.78 is 20.1. The van der Waals surface area contributed by atoms with Gasteiger partial charge in [0.2, 0.25) is 10.6 Å². The Kier molecular flexibility index (Phi) is 4.26. The maximum Gasteiger partial charge on any atom is 0.341 e. The summed E-state index contributed by atoms with van der Waals surface area (Å²) in [6, 6.07) is 1.21. The summed E-state index contributed by atoms with van der Waals surface area (Å²) in [5, 5.41) is 11.5. The van der Waals surface area contributed by atoms with Gasteiger partial charge in [0.1, 0.15) is 11.9 Å². The number of pyridine rings is 2. The lowest BCUT2D eigenvalue weighted by Gasteiger charge is -2.43. The van der Waals surface area contributed by atoms with Crippen LogP contribution in [-0.2, 0) is 4.84 Å². The van der Waals surface area contributed by atoms with Crippen LogP contribution < -0.4 is 10.3 Å². The zero-order valence-electron chi connectivity index (χ0n) is 15.0. The van der Waals surface area contributed by atoms with Crippen LogP contribution in [-0.4, -0.2) is 67.3 Å². The van der Waals surface area contributed by atoms with Crippen LogP contribution in [0.2, 0.25) is 0 Å². The molecule has 0 aliphatic carbocycles. The highest BCUT2D eigenvalue weighted by Gasteiger charge is 2.36. The largest absolute Gasteiger partial charge is 0.477 e. The molecule has 1 N–H and O–H groups in total. The van der Waals surface area contributed by atoms with Crippen LogP contribution in [0.25, 0.3) is 16.2 Å². The minimum Gasteiger partial charge on any atom is -0.477 e. The standard InChI is InChI=1S/C17H15FN6O4S/c18-12-4-10-13(25)11(16(26)27)7-23(17-19-8-20-29-17)14(10)21-15(12)22-5-9(6-22)24-2-1-3-28-24/h4,7-9H,1-3,5-6H2,(H,26,27). The Morgan fingerprint density at radius 3 is 2.86 bits per heavy atom. The molecule has 0 amide bonds. The Bertz CT molecular complexity index is 1150. The molecule has 0 radical (unpaired) electrons. The summed E-state index contributed by atoms with van der Waals surface area (Å²) in [5.74, 6) is -1.98. The van der Waals surface area contributed by atoms with Gasteiger partial charge in [-0.05, 0) is 12.5 Å². The van der Waals surface area contributed by atoms with Crippen molar-refractivity contribution in [1.82, 2.24) is 24.0 Å². The van der Waals surface area contributed by atoms with Crippen LogP contribution >= 0.6 is 11.5 Å². The molecule has 0 atom stereocenters. The molecule has 0 unspecified atom stereocenters. The number of fused-ring (bicyclic) bond motifs is 1. The van der Waals surface area contributed by atoms with E-state index >= 15 is 0 Å². The number of carboxylic acid groups (broad SMARTS) is 1. The third-order valence-electron chi connectivity index (χ3n) is 5.05. The quantitative estimate of drug-likeness (QED) is 0.660. The lowest BCUT2D eigenvalue weighted by atomic mass is 10.1. The van der Waals surface area contributed by atoms with E-state index in [0.717, 1.165) is 36.8 Å². The molecule has 0 spiro atoms. The molecule has 2 saturated heterocycles. The van der Waals surface area contributed by atoms with Crippen LogP contribution in [0, 0.1) is 5.82 Å². The molecule has 3 aromatic heterocycles. The van der Waals surface area contributed by atoms with Gasteiger partial charge in [-0.3, -0.25) is 14.2 Å². The van der Waals surface area contributed by atoms with Crippen molar-refractivity contribution in [3.05, 3.63) is 40.2 Å². The second-order valence-electron chi connectivity index (χ2n) is 6.82. The molecule has 5 heterocycles. The Hall–Kier alpha value is -2.96. The van der Waals surface area contributed by atoms with Crippen LogP contribution in [0.3, 0.4) is 0 Å². The highest BCUT2D eigenvalue weighted by atomic mass is 32.1. The molecule has 12 heteroatoms. The van der Waals surface area contributed by atoms with E-state index in [2.05, 4.69) is 14.3 Å². The van der Waals surface area contributed by atoms with Crippen molar-refractivity contribution < 1.29 is 19.1 Å². The van der Waals surface area contributed by atoms with Crippen molar-refractivity contribution >= 4 is 34.4 Å². The SMILES string of the molecule is O=C(O)c1cn(-c2ncns2)c2nc(N3CC(N4CCCO4)C3)c(F)cc2c1=O. The number of carboxylic acids is 1. The Labute approximate surface area is 166 Å². The first-order valence-corrected chi connectivity index (χ1v) is 9.71. The monoisotopic (exact) mass is 418 g/mol. The fourth-order valence-corrected chi connectivity index (χ4v) is 4.08. The third kappa shape index (κ3) is 2.96. The fourth-order valence-electron chi connectivity index (χ4n) is 3.57. The number of aromatic nitrogens is 4. The molecule has 29 heavy (non-hydrogen) atoms. The lowest BCUT2D eigenvalue weighted by molar-refractivity contribution is -0.146. The van der Waals surface area contributed by atoms with Gasteiger partial charge in [0, 0.05) is 37.4 Å². The molecule has 2 fully saturated rings. The topological polar surface area (TPSA) is 114 Å². The van der Waals surface area contributed by atoms with Crippen molar-refractivity contribution in [3.8, 4) is 5.13 Å². The molecule has 0 aromatic carbocycles. The van der Waals surface area contributed by atoms with Crippen molar-refractivity contribution in [2.24, 2.45) is 0 Å². The van der Waals surface area contributed by atoms with E-state index in [0.29, 0.717) is 24.8 Å². The predicted octanol–water partition coefficient (Wildman–Crippen LogP) is 0.900. The summed E-state index contributed by atoms with van der Waals surface area (Å²) in [6.07, 6.45) is 3.43. The van der Waals surface area contributed by atoms with Gasteiger partial charge in [-0.1, -0.05) is 0 Å². The predicted molar refractivity (Wildman–Crippen MR) is 101 cm³/mol. The Balaban J connectivity index is 1.60. The van der Waals surface area contributed by atoms with Crippen molar-refractivity contribution in [2.45, 2.75) is 12.5 Å². The molecular formula is C17H15FN6O4S. The highest BCUT2D eigenvalue weighted by Crippen LogP contribution is 2.29. The Morgan fingerprint density at radius 2 is 2.21 bits per heavy atom. The van der Waals surface area contributed by atoms with E-state index in [-0.39, 0.29) is 22.9 Å². The first-order chi connectivity index (χ1) is 14.0. The number of rotatable bonds is 4. The highest BCUT2D eigenvalue weighted by molar-refractivity contribution is 7.08.